The fourth-order valence-corrected chi connectivity index (χ4v) is 3.53. The van der Waals surface area contributed by atoms with Crippen LogP contribution in [-0.4, -0.2) is 38.2 Å². The van der Waals surface area contributed by atoms with E-state index in [1.165, 1.54) is 18.1 Å². The van der Waals surface area contributed by atoms with E-state index in [0.717, 1.165) is 5.69 Å². The van der Waals surface area contributed by atoms with Crippen LogP contribution in [0, 0.1) is 0 Å². The van der Waals surface area contributed by atoms with Crippen molar-refractivity contribution < 1.29 is 14.4 Å². The van der Waals surface area contributed by atoms with Gasteiger partial charge >= 0.3 is 0 Å². The molecule has 1 aromatic heterocycles. The number of aromatic nitrogens is 2. The standard InChI is InChI=1S/C17H17N5O3/c1-11(23)19-22-16(25)13-10-18-21(12-6-4-3-5-7-12)15(13)20-14(24)8-9-17(20,22)2/h3-7,10H,8-9H2,1-2H3,(H,19,23). The van der Waals surface area contributed by atoms with Gasteiger partial charge in [-0.1, -0.05) is 18.2 Å². The van der Waals surface area contributed by atoms with Gasteiger partial charge in [0.1, 0.15) is 11.2 Å². The number of hydrazine groups is 1. The Hall–Kier alpha value is -3.16. The molecule has 1 fully saturated rings. The van der Waals surface area contributed by atoms with Crippen LogP contribution >= 0.6 is 0 Å². The van der Waals surface area contributed by atoms with Crippen LogP contribution in [0.25, 0.3) is 5.69 Å². The van der Waals surface area contributed by atoms with E-state index in [2.05, 4.69) is 10.5 Å². The predicted molar refractivity (Wildman–Crippen MR) is 88.7 cm³/mol. The Bertz CT molecular complexity index is 891. The second-order valence-corrected chi connectivity index (χ2v) is 6.38. The minimum atomic E-state index is -0.959. The minimum absolute atomic E-state index is 0.107. The molecule has 128 valence electrons. The first-order valence-corrected chi connectivity index (χ1v) is 8.02. The Morgan fingerprint density at radius 3 is 2.64 bits per heavy atom. The van der Waals surface area contributed by atoms with Gasteiger partial charge in [0.2, 0.25) is 11.8 Å². The molecule has 8 nitrogen and oxygen atoms in total. The highest BCUT2D eigenvalue weighted by Crippen LogP contribution is 2.43. The molecule has 8 heteroatoms. The average molecular weight is 339 g/mol. The second-order valence-electron chi connectivity index (χ2n) is 6.38. The molecule has 2 aliphatic heterocycles. The molecule has 0 aliphatic carbocycles. The van der Waals surface area contributed by atoms with Crippen molar-refractivity contribution >= 4 is 23.5 Å². The number of carbonyl (C=O) groups is 3. The molecule has 2 aromatic rings. The van der Waals surface area contributed by atoms with Crippen molar-refractivity contribution in [2.24, 2.45) is 0 Å². The van der Waals surface area contributed by atoms with Crippen molar-refractivity contribution in [3.63, 3.8) is 0 Å². The third-order valence-electron chi connectivity index (χ3n) is 4.68. The van der Waals surface area contributed by atoms with E-state index >= 15 is 0 Å². The lowest BCUT2D eigenvalue weighted by atomic mass is 10.0. The minimum Gasteiger partial charge on any atom is -0.274 e. The Labute approximate surface area is 144 Å². The number of hydrogen-bond acceptors (Lipinski definition) is 4. The molecule has 1 N–H and O–H groups in total. The van der Waals surface area contributed by atoms with Gasteiger partial charge in [-0.25, -0.2) is 9.69 Å². The topological polar surface area (TPSA) is 87.5 Å². The smallest absolute Gasteiger partial charge is 0.274 e. The van der Waals surface area contributed by atoms with Crippen molar-refractivity contribution in [3.05, 3.63) is 42.1 Å². The monoisotopic (exact) mass is 339 g/mol. The molecule has 1 unspecified atom stereocenters. The largest absolute Gasteiger partial charge is 0.279 e. The molecule has 1 atom stereocenters. The Balaban J connectivity index is 1.93. The molecule has 4 rings (SSSR count). The molecule has 25 heavy (non-hydrogen) atoms. The van der Waals surface area contributed by atoms with E-state index in [0.29, 0.717) is 18.7 Å². The van der Waals surface area contributed by atoms with Crippen LogP contribution in [0.15, 0.2) is 36.5 Å². The highest BCUT2D eigenvalue weighted by atomic mass is 16.2. The zero-order chi connectivity index (χ0) is 17.8. The summed E-state index contributed by atoms with van der Waals surface area (Å²) in [5, 5.41) is 5.57. The summed E-state index contributed by atoms with van der Waals surface area (Å²) in [5.74, 6) is -0.402. The van der Waals surface area contributed by atoms with Crippen molar-refractivity contribution in [1.29, 1.82) is 0 Å². The molecule has 0 radical (unpaired) electrons. The number of rotatable bonds is 2. The molecule has 0 saturated carbocycles. The van der Waals surface area contributed by atoms with Gasteiger partial charge in [-0.2, -0.15) is 5.10 Å². The number of amides is 3. The number of carbonyl (C=O) groups excluding carboxylic acids is 3. The van der Waals surface area contributed by atoms with Crippen LogP contribution in [-0.2, 0) is 9.59 Å². The van der Waals surface area contributed by atoms with Crippen LogP contribution < -0.4 is 10.3 Å². The van der Waals surface area contributed by atoms with E-state index in [1.54, 1.807) is 16.5 Å². The molecule has 0 bridgehead atoms. The fraction of sp³-hybridized carbons (Fsp3) is 0.294. The molecule has 3 amide bonds. The Morgan fingerprint density at radius 1 is 1.24 bits per heavy atom. The van der Waals surface area contributed by atoms with Gasteiger partial charge in [0.15, 0.2) is 5.82 Å². The number of fused-ring (bicyclic) bond motifs is 3. The number of hydrogen-bond donors (Lipinski definition) is 1. The summed E-state index contributed by atoms with van der Waals surface area (Å²) in [4.78, 5) is 38.7. The van der Waals surface area contributed by atoms with Gasteiger partial charge in [-0.15, -0.1) is 0 Å². The summed E-state index contributed by atoms with van der Waals surface area (Å²) in [7, 11) is 0. The first-order chi connectivity index (χ1) is 11.9. The summed E-state index contributed by atoms with van der Waals surface area (Å²) >= 11 is 0. The average Bonchev–Trinajstić information content (AvgIpc) is 3.14. The first-order valence-electron chi connectivity index (χ1n) is 8.02. The summed E-state index contributed by atoms with van der Waals surface area (Å²) in [5.41, 5.74) is 2.65. The highest BCUT2D eigenvalue weighted by molar-refractivity contribution is 6.09. The van der Waals surface area contributed by atoms with Crippen LogP contribution in [0.5, 0.6) is 0 Å². The Morgan fingerprint density at radius 2 is 1.96 bits per heavy atom. The first kappa shape index (κ1) is 15.4. The summed E-state index contributed by atoms with van der Waals surface area (Å²) in [6.45, 7) is 3.11. The number of anilines is 1. The van der Waals surface area contributed by atoms with Crippen molar-refractivity contribution in [2.45, 2.75) is 32.4 Å². The number of nitrogens with zero attached hydrogens (tertiary/aromatic N) is 4. The maximum Gasteiger partial charge on any atom is 0.279 e. The van der Waals surface area contributed by atoms with Crippen molar-refractivity contribution in [3.8, 4) is 5.69 Å². The van der Waals surface area contributed by atoms with Gasteiger partial charge in [-0.3, -0.25) is 24.7 Å². The molecule has 1 aromatic carbocycles. The van der Waals surface area contributed by atoms with Crippen molar-refractivity contribution in [1.82, 2.24) is 20.2 Å². The lowest BCUT2D eigenvalue weighted by Crippen LogP contribution is -2.67. The molecular weight excluding hydrogens is 322 g/mol. The SMILES string of the molecule is CC(=O)NN1C(=O)c2cnn(-c3ccccc3)c2N2C(=O)CCC12C. The summed E-state index contributed by atoms with van der Waals surface area (Å²) < 4.78 is 1.60. The van der Waals surface area contributed by atoms with E-state index in [9.17, 15) is 14.4 Å². The van der Waals surface area contributed by atoms with Gasteiger partial charge in [0, 0.05) is 19.8 Å². The molecule has 0 spiro atoms. The summed E-state index contributed by atoms with van der Waals surface area (Å²) in [6.07, 6.45) is 2.15. The lowest BCUT2D eigenvalue weighted by Gasteiger charge is -2.46. The van der Waals surface area contributed by atoms with Gasteiger partial charge < -0.3 is 0 Å². The lowest BCUT2D eigenvalue weighted by molar-refractivity contribution is -0.126. The van der Waals surface area contributed by atoms with Gasteiger partial charge in [0.25, 0.3) is 5.91 Å². The highest BCUT2D eigenvalue weighted by Gasteiger charge is 2.55. The third kappa shape index (κ3) is 2.07. The quantitative estimate of drug-likeness (QED) is 0.891. The second kappa shape index (κ2) is 5.17. The Kier molecular flexibility index (Phi) is 3.18. The van der Waals surface area contributed by atoms with E-state index in [-0.39, 0.29) is 23.3 Å². The molecular formula is C17H17N5O3. The third-order valence-corrected chi connectivity index (χ3v) is 4.68. The fourth-order valence-electron chi connectivity index (χ4n) is 3.53. The van der Waals surface area contributed by atoms with Crippen LogP contribution in [0.1, 0.15) is 37.0 Å². The maximum absolute atomic E-state index is 13.0. The van der Waals surface area contributed by atoms with E-state index in [4.69, 9.17) is 0 Å². The zero-order valence-electron chi connectivity index (χ0n) is 13.9. The summed E-state index contributed by atoms with van der Waals surface area (Å²) in [6, 6.07) is 9.32. The zero-order valence-corrected chi connectivity index (χ0v) is 13.9. The van der Waals surface area contributed by atoms with Crippen LogP contribution in [0.3, 0.4) is 0 Å². The normalized spacial score (nSPS) is 22.0. The van der Waals surface area contributed by atoms with Gasteiger partial charge in [-0.05, 0) is 19.1 Å². The molecule has 1 saturated heterocycles. The van der Waals surface area contributed by atoms with Crippen LogP contribution in [0.4, 0.5) is 5.82 Å². The van der Waals surface area contributed by atoms with Gasteiger partial charge in [0.05, 0.1) is 11.9 Å². The molecule has 3 heterocycles. The number of nitrogens with one attached hydrogen (secondary N) is 1. The predicted octanol–water partition coefficient (Wildman–Crippen LogP) is 1.22. The maximum atomic E-state index is 13.0. The van der Waals surface area contributed by atoms with E-state index in [1.807, 2.05) is 30.3 Å². The van der Waals surface area contributed by atoms with Crippen molar-refractivity contribution in [2.75, 3.05) is 4.90 Å². The number of benzene rings is 1. The molecule has 2 aliphatic rings. The van der Waals surface area contributed by atoms with E-state index < -0.39 is 5.66 Å². The number of para-hydroxylation sites is 1. The van der Waals surface area contributed by atoms with Crippen LogP contribution in [0.2, 0.25) is 0 Å².